The summed E-state index contributed by atoms with van der Waals surface area (Å²) in [5.74, 6) is 3.93. The summed E-state index contributed by atoms with van der Waals surface area (Å²) in [4.78, 5) is 15.0. The van der Waals surface area contributed by atoms with Crippen LogP contribution in [0.3, 0.4) is 0 Å². The summed E-state index contributed by atoms with van der Waals surface area (Å²) in [7, 11) is -3.87. The molecule has 114 valence electrons. The average Bonchev–Trinajstić information content (AvgIpc) is 2.38. The number of nitrogens with one attached hydrogen (secondary N) is 1. The fourth-order valence-corrected chi connectivity index (χ4v) is 2.23. The van der Waals surface area contributed by atoms with Crippen LogP contribution in [0.25, 0.3) is 0 Å². The standard InChI is InChI=1S/C13H16N2O5S/c1-2-20-13(17)10-21(18,19)15-12-9-11(6-7-14-12)5-3-4-8-16/h6-7,9,16H,2,4,8,10H2,1H3,(H,14,15). The molecule has 0 bridgehead atoms. The maximum Gasteiger partial charge on any atom is 0.323 e. The highest BCUT2D eigenvalue weighted by molar-refractivity contribution is 7.93. The van der Waals surface area contributed by atoms with Gasteiger partial charge in [-0.3, -0.25) is 9.52 Å². The number of aliphatic hydroxyl groups is 1. The first kappa shape index (κ1) is 16.9. The lowest BCUT2D eigenvalue weighted by Crippen LogP contribution is -2.24. The number of hydrogen-bond donors (Lipinski definition) is 2. The number of esters is 1. The Morgan fingerprint density at radius 3 is 2.95 bits per heavy atom. The molecular formula is C13H16N2O5S. The van der Waals surface area contributed by atoms with Crippen LogP contribution in [0.15, 0.2) is 18.3 Å². The first-order chi connectivity index (χ1) is 9.96. The van der Waals surface area contributed by atoms with Crippen LogP contribution in [0, 0.1) is 11.8 Å². The maximum atomic E-state index is 11.7. The van der Waals surface area contributed by atoms with Gasteiger partial charge in [0.15, 0.2) is 5.75 Å². The molecule has 0 saturated carbocycles. The van der Waals surface area contributed by atoms with Gasteiger partial charge in [0, 0.05) is 18.2 Å². The first-order valence-electron chi connectivity index (χ1n) is 6.18. The largest absolute Gasteiger partial charge is 0.465 e. The van der Waals surface area contributed by atoms with E-state index < -0.39 is 21.7 Å². The zero-order chi connectivity index (χ0) is 15.7. The summed E-state index contributed by atoms with van der Waals surface area (Å²) >= 11 is 0. The molecule has 0 atom stereocenters. The molecule has 1 aromatic rings. The molecule has 0 radical (unpaired) electrons. The van der Waals surface area contributed by atoms with E-state index >= 15 is 0 Å². The predicted octanol–water partition coefficient (Wildman–Crippen LogP) is 0.120. The van der Waals surface area contributed by atoms with Crippen LogP contribution in [-0.4, -0.2) is 43.4 Å². The van der Waals surface area contributed by atoms with E-state index in [0.29, 0.717) is 12.0 Å². The zero-order valence-corrected chi connectivity index (χ0v) is 12.3. The van der Waals surface area contributed by atoms with Crippen molar-refractivity contribution < 1.29 is 23.1 Å². The van der Waals surface area contributed by atoms with Crippen LogP contribution >= 0.6 is 0 Å². The Bertz CT molecular complexity index is 646. The van der Waals surface area contributed by atoms with Gasteiger partial charge in [0.2, 0.25) is 10.0 Å². The molecule has 0 aliphatic heterocycles. The molecule has 0 amide bonds. The highest BCUT2D eigenvalue weighted by Crippen LogP contribution is 2.08. The summed E-state index contributed by atoms with van der Waals surface area (Å²) in [5, 5.41) is 8.63. The third kappa shape index (κ3) is 6.74. The van der Waals surface area contributed by atoms with E-state index in [0.717, 1.165) is 0 Å². The van der Waals surface area contributed by atoms with Crippen LogP contribution in [0.4, 0.5) is 5.82 Å². The highest BCUT2D eigenvalue weighted by atomic mass is 32.2. The van der Waals surface area contributed by atoms with Gasteiger partial charge in [-0.15, -0.1) is 0 Å². The van der Waals surface area contributed by atoms with Crippen molar-refractivity contribution in [1.82, 2.24) is 4.98 Å². The fraction of sp³-hybridized carbons (Fsp3) is 0.385. The molecule has 21 heavy (non-hydrogen) atoms. The minimum Gasteiger partial charge on any atom is -0.465 e. The zero-order valence-electron chi connectivity index (χ0n) is 11.5. The topological polar surface area (TPSA) is 106 Å². The number of aliphatic hydroxyl groups excluding tert-OH is 1. The monoisotopic (exact) mass is 312 g/mol. The lowest BCUT2D eigenvalue weighted by Gasteiger charge is -2.06. The van der Waals surface area contributed by atoms with Crippen molar-refractivity contribution in [3.8, 4) is 11.8 Å². The molecule has 1 heterocycles. The van der Waals surface area contributed by atoms with E-state index in [1.807, 2.05) is 0 Å². The SMILES string of the molecule is CCOC(=O)CS(=O)(=O)Nc1cc(C#CCCO)ccn1. The second-order valence-electron chi connectivity index (χ2n) is 3.87. The van der Waals surface area contributed by atoms with Crippen molar-refractivity contribution in [3.05, 3.63) is 23.9 Å². The highest BCUT2D eigenvalue weighted by Gasteiger charge is 2.17. The molecule has 8 heteroatoms. The molecule has 1 aromatic heterocycles. The van der Waals surface area contributed by atoms with Gasteiger partial charge in [-0.25, -0.2) is 13.4 Å². The van der Waals surface area contributed by atoms with Crippen molar-refractivity contribution in [2.24, 2.45) is 0 Å². The van der Waals surface area contributed by atoms with Crippen LogP contribution in [-0.2, 0) is 19.6 Å². The molecule has 0 aliphatic rings. The number of rotatable bonds is 6. The van der Waals surface area contributed by atoms with E-state index in [4.69, 9.17) is 5.11 Å². The number of sulfonamides is 1. The Morgan fingerprint density at radius 1 is 1.52 bits per heavy atom. The minimum absolute atomic E-state index is 0.0445. The molecule has 0 saturated heterocycles. The Hall–Kier alpha value is -2.11. The number of pyridine rings is 1. The first-order valence-corrected chi connectivity index (χ1v) is 7.84. The second-order valence-corrected chi connectivity index (χ2v) is 5.59. The Kier molecular flexibility index (Phi) is 6.65. The summed E-state index contributed by atoms with van der Waals surface area (Å²) in [6, 6.07) is 3.04. The van der Waals surface area contributed by atoms with E-state index in [2.05, 4.69) is 26.3 Å². The Labute approximate surface area is 123 Å². The molecule has 0 fully saturated rings. The van der Waals surface area contributed by atoms with Gasteiger partial charge in [0.05, 0.1) is 13.2 Å². The van der Waals surface area contributed by atoms with Crippen molar-refractivity contribution >= 4 is 21.8 Å². The predicted molar refractivity (Wildman–Crippen MR) is 76.9 cm³/mol. The van der Waals surface area contributed by atoms with E-state index in [1.165, 1.54) is 12.3 Å². The summed E-state index contributed by atoms with van der Waals surface area (Å²) in [6.45, 7) is 1.66. The van der Waals surface area contributed by atoms with Crippen molar-refractivity contribution in [1.29, 1.82) is 0 Å². The summed E-state index contributed by atoms with van der Waals surface area (Å²) in [5.41, 5.74) is 0.548. The van der Waals surface area contributed by atoms with Gasteiger partial charge in [0.25, 0.3) is 0 Å². The number of anilines is 1. The van der Waals surface area contributed by atoms with Crippen LogP contribution in [0.5, 0.6) is 0 Å². The molecule has 7 nitrogen and oxygen atoms in total. The lowest BCUT2D eigenvalue weighted by atomic mass is 10.2. The smallest absolute Gasteiger partial charge is 0.323 e. The van der Waals surface area contributed by atoms with E-state index in [1.54, 1.807) is 13.0 Å². The van der Waals surface area contributed by atoms with E-state index in [9.17, 15) is 13.2 Å². The minimum atomic E-state index is -3.87. The van der Waals surface area contributed by atoms with Crippen LogP contribution in [0.1, 0.15) is 18.9 Å². The maximum absolute atomic E-state index is 11.7. The normalized spacial score (nSPS) is 10.4. The molecule has 2 N–H and O–H groups in total. The number of carbonyl (C=O) groups is 1. The van der Waals surface area contributed by atoms with Gasteiger partial charge >= 0.3 is 5.97 Å². The third-order valence-corrected chi connectivity index (χ3v) is 3.24. The number of hydrogen-bond acceptors (Lipinski definition) is 6. The van der Waals surface area contributed by atoms with Crippen LogP contribution < -0.4 is 4.72 Å². The van der Waals surface area contributed by atoms with Crippen LogP contribution in [0.2, 0.25) is 0 Å². The lowest BCUT2D eigenvalue weighted by molar-refractivity contribution is -0.139. The number of carbonyl (C=O) groups excluding carboxylic acids is 1. The Balaban J connectivity index is 2.77. The molecule has 0 aromatic carbocycles. The van der Waals surface area contributed by atoms with E-state index in [-0.39, 0.29) is 19.0 Å². The van der Waals surface area contributed by atoms with Crippen molar-refractivity contribution in [2.75, 3.05) is 23.7 Å². The van der Waals surface area contributed by atoms with Gasteiger partial charge in [-0.2, -0.15) is 0 Å². The van der Waals surface area contributed by atoms with Gasteiger partial charge in [0.1, 0.15) is 5.82 Å². The average molecular weight is 312 g/mol. The molecule has 0 unspecified atom stereocenters. The summed E-state index contributed by atoms with van der Waals surface area (Å²) < 4.78 is 30.2. The molecule has 1 rings (SSSR count). The van der Waals surface area contributed by atoms with Crippen molar-refractivity contribution in [3.63, 3.8) is 0 Å². The molecule has 0 aliphatic carbocycles. The fourth-order valence-electron chi connectivity index (χ4n) is 1.34. The second kappa shape index (κ2) is 8.24. The number of aromatic nitrogens is 1. The van der Waals surface area contributed by atoms with Crippen molar-refractivity contribution in [2.45, 2.75) is 13.3 Å². The number of nitrogens with zero attached hydrogens (tertiary/aromatic N) is 1. The third-order valence-electron chi connectivity index (χ3n) is 2.10. The van der Waals surface area contributed by atoms with Gasteiger partial charge in [-0.1, -0.05) is 11.8 Å². The van der Waals surface area contributed by atoms with Gasteiger partial charge in [-0.05, 0) is 19.1 Å². The number of ether oxygens (including phenoxy) is 1. The Morgan fingerprint density at radius 2 is 2.29 bits per heavy atom. The summed E-state index contributed by atoms with van der Waals surface area (Å²) in [6.07, 6.45) is 1.72. The molecule has 0 spiro atoms. The molecular weight excluding hydrogens is 296 g/mol. The van der Waals surface area contributed by atoms with Gasteiger partial charge < -0.3 is 9.84 Å². The quantitative estimate of drug-likeness (QED) is 0.571.